The quantitative estimate of drug-likeness (QED) is 0.726. The molecular weight excluding hydrogens is 204 g/mol. The summed E-state index contributed by atoms with van der Waals surface area (Å²) in [7, 11) is 2.15. The lowest BCUT2D eigenvalue weighted by Crippen LogP contribution is -2.49. The Morgan fingerprint density at radius 2 is 2.00 bits per heavy atom. The van der Waals surface area contributed by atoms with E-state index in [2.05, 4.69) is 60.7 Å². The van der Waals surface area contributed by atoms with Gasteiger partial charge >= 0.3 is 0 Å². The van der Waals surface area contributed by atoms with Crippen molar-refractivity contribution in [2.75, 3.05) is 31.6 Å². The van der Waals surface area contributed by atoms with Gasteiger partial charge in [-0.25, -0.2) is 0 Å². The van der Waals surface area contributed by atoms with Crippen LogP contribution in [0.5, 0.6) is 0 Å². The largest absolute Gasteiger partial charge is 0.357 e. The SMILES string of the molecule is Cc1ccccc1N1CCN(C)CC1S. The molecule has 0 radical (unpaired) electrons. The normalized spacial score (nSPS) is 23.1. The lowest BCUT2D eigenvalue weighted by Gasteiger charge is -2.39. The van der Waals surface area contributed by atoms with Gasteiger partial charge in [-0.3, -0.25) is 0 Å². The highest BCUT2D eigenvalue weighted by Gasteiger charge is 2.22. The van der Waals surface area contributed by atoms with E-state index in [-0.39, 0.29) is 0 Å². The van der Waals surface area contributed by atoms with E-state index in [0.717, 1.165) is 19.6 Å². The van der Waals surface area contributed by atoms with Crippen LogP contribution in [-0.2, 0) is 0 Å². The molecule has 1 fully saturated rings. The molecule has 0 amide bonds. The third kappa shape index (κ3) is 2.29. The van der Waals surface area contributed by atoms with Crippen LogP contribution in [0.25, 0.3) is 0 Å². The van der Waals surface area contributed by atoms with Crippen LogP contribution < -0.4 is 4.90 Å². The summed E-state index contributed by atoms with van der Waals surface area (Å²) in [4.78, 5) is 4.71. The molecule has 0 aromatic heterocycles. The second kappa shape index (κ2) is 4.45. The van der Waals surface area contributed by atoms with Crippen LogP contribution in [0.3, 0.4) is 0 Å². The summed E-state index contributed by atoms with van der Waals surface area (Å²) in [5.41, 5.74) is 2.66. The Hall–Kier alpha value is -0.670. The van der Waals surface area contributed by atoms with Gasteiger partial charge in [0.15, 0.2) is 0 Å². The second-order valence-corrected chi connectivity index (χ2v) is 4.82. The highest BCUT2D eigenvalue weighted by atomic mass is 32.1. The predicted molar refractivity (Wildman–Crippen MR) is 68.8 cm³/mol. The Balaban J connectivity index is 2.20. The number of hydrogen-bond donors (Lipinski definition) is 1. The van der Waals surface area contributed by atoms with Crippen LogP contribution in [0.4, 0.5) is 5.69 Å². The van der Waals surface area contributed by atoms with Gasteiger partial charge in [-0.1, -0.05) is 18.2 Å². The third-order valence-corrected chi connectivity index (χ3v) is 3.42. The summed E-state index contributed by atoms with van der Waals surface area (Å²) in [6.45, 7) is 5.37. The van der Waals surface area contributed by atoms with Gasteiger partial charge in [-0.15, -0.1) is 0 Å². The Kier molecular flexibility index (Phi) is 3.22. The number of aryl methyl sites for hydroxylation is 1. The van der Waals surface area contributed by atoms with Gasteiger partial charge in [-0.2, -0.15) is 12.6 Å². The van der Waals surface area contributed by atoms with E-state index in [4.69, 9.17) is 0 Å². The second-order valence-electron chi connectivity index (χ2n) is 4.22. The standard InChI is InChI=1S/C12H18N2S/c1-10-5-3-4-6-11(10)14-8-7-13(2)9-12(14)15/h3-6,12,15H,7-9H2,1-2H3. The van der Waals surface area contributed by atoms with E-state index in [0.29, 0.717) is 5.37 Å². The van der Waals surface area contributed by atoms with E-state index in [1.165, 1.54) is 11.3 Å². The summed E-state index contributed by atoms with van der Waals surface area (Å²) >= 11 is 4.66. The molecule has 0 aliphatic carbocycles. The minimum absolute atomic E-state index is 0.310. The molecule has 1 aromatic carbocycles. The number of likely N-dealkylation sites (N-methyl/N-ethyl adjacent to an activating group) is 1. The topological polar surface area (TPSA) is 6.48 Å². The fourth-order valence-corrected chi connectivity index (χ4v) is 2.58. The molecule has 1 aromatic rings. The van der Waals surface area contributed by atoms with Crippen LogP contribution in [0.2, 0.25) is 0 Å². The lowest BCUT2D eigenvalue weighted by atomic mass is 10.1. The number of hydrogen-bond acceptors (Lipinski definition) is 3. The van der Waals surface area contributed by atoms with Crippen molar-refractivity contribution in [1.82, 2.24) is 4.90 Å². The first kappa shape index (κ1) is 10.8. The van der Waals surface area contributed by atoms with Crippen LogP contribution >= 0.6 is 12.6 Å². The molecule has 1 aliphatic heterocycles. The van der Waals surface area contributed by atoms with Crippen LogP contribution in [0.1, 0.15) is 5.56 Å². The highest BCUT2D eigenvalue weighted by Crippen LogP contribution is 2.25. The van der Waals surface area contributed by atoms with Crippen molar-refractivity contribution in [3.63, 3.8) is 0 Å². The molecule has 3 heteroatoms. The zero-order chi connectivity index (χ0) is 10.8. The maximum atomic E-state index is 4.66. The smallest absolute Gasteiger partial charge is 0.0849 e. The molecule has 1 unspecified atom stereocenters. The van der Waals surface area contributed by atoms with Crippen molar-refractivity contribution in [3.05, 3.63) is 29.8 Å². The summed E-state index contributed by atoms with van der Waals surface area (Å²) in [6, 6.07) is 8.53. The van der Waals surface area contributed by atoms with Gasteiger partial charge in [0.2, 0.25) is 0 Å². The predicted octanol–water partition coefficient (Wildman–Crippen LogP) is 2.00. The Bertz CT molecular complexity index is 340. The molecule has 1 heterocycles. The monoisotopic (exact) mass is 222 g/mol. The third-order valence-electron chi connectivity index (χ3n) is 2.98. The number of rotatable bonds is 1. The van der Waals surface area contributed by atoms with E-state index in [1.54, 1.807) is 0 Å². The fourth-order valence-electron chi connectivity index (χ4n) is 2.06. The Labute approximate surface area is 97.3 Å². The molecule has 82 valence electrons. The van der Waals surface area contributed by atoms with E-state index < -0.39 is 0 Å². The molecule has 1 aliphatic rings. The molecule has 2 rings (SSSR count). The zero-order valence-electron chi connectivity index (χ0n) is 9.35. The van der Waals surface area contributed by atoms with Crippen molar-refractivity contribution in [2.24, 2.45) is 0 Å². The molecule has 0 saturated carbocycles. The van der Waals surface area contributed by atoms with Gasteiger partial charge in [0, 0.05) is 25.3 Å². The van der Waals surface area contributed by atoms with Crippen molar-refractivity contribution in [2.45, 2.75) is 12.3 Å². The minimum atomic E-state index is 0.310. The number of piperazine rings is 1. The van der Waals surface area contributed by atoms with Crippen molar-refractivity contribution in [1.29, 1.82) is 0 Å². The number of anilines is 1. The fraction of sp³-hybridized carbons (Fsp3) is 0.500. The molecular formula is C12H18N2S. The number of para-hydroxylation sites is 1. The van der Waals surface area contributed by atoms with Crippen LogP contribution in [-0.4, -0.2) is 37.0 Å². The molecule has 0 spiro atoms. The summed E-state index contributed by atoms with van der Waals surface area (Å²) in [6.07, 6.45) is 0. The zero-order valence-corrected chi connectivity index (χ0v) is 10.2. The molecule has 0 N–H and O–H groups in total. The molecule has 2 nitrogen and oxygen atoms in total. The molecule has 15 heavy (non-hydrogen) atoms. The molecule has 0 bridgehead atoms. The number of benzene rings is 1. The lowest BCUT2D eigenvalue weighted by molar-refractivity contribution is 0.302. The van der Waals surface area contributed by atoms with Crippen molar-refractivity contribution in [3.8, 4) is 0 Å². The van der Waals surface area contributed by atoms with Gasteiger partial charge in [0.25, 0.3) is 0 Å². The van der Waals surface area contributed by atoms with Gasteiger partial charge in [0.05, 0.1) is 5.37 Å². The number of nitrogens with zero attached hydrogens (tertiary/aromatic N) is 2. The van der Waals surface area contributed by atoms with Crippen molar-refractivity contribution < 1.29 is 0 Å². The summed E-state index contributed by atoms with van der Waals surface area (Å²) in [5.74, 6) is 0. The first-order chi connectivity index (χ1) is 7.18. The van der Waals surface area contributed by atoms with E-state index in [1.807, 2.05) is 0 Å². The average Bonchev–Trinajstić information content (AvgIpc) is 2.20. The van der Waals surface area contributed by atoms with E-state index in [9.17, 15) is 0 Å². The van der Waals surface area contributed by atoms with E-state index >= 15 is 0 Å². The van der Waals surface area contributed by atoms with Crippen LogP contribution in [0.15, 0.2) is 24.3 Å². The molecule has 1 saturated heterocycles. The minimum Gasteiger partial charge on any atom is -0.357 e. The summed E-state index contributed by atoms with van der Waals surface area (Å²) < 4.78 is 0. The average molecular weight is 222 g/mol. The summed E-state index contributed by atoms with van der Waals surface area (Å²) in [5, 5.41) is 0.310. The first-order valence-electron chi connectivity index (χ1n) is 5.37. The highest BCUT2D eigenvalue weighted by molar-refractivity contribution is 7.81. The van der Waals surface area contributed by atoms with Gasteiger partial charge in [0.1, 0.15) is 0 Å². The van der Waals surface area contributed by atoms with Crippen LogP contribution in [0, 0.1) is 6.92 Å². The Morgan fingerprint density at radius 1 is 1.27 bits per heavy atom. The number of thiol groups is 1. The molecule has 1 atom stereocenters. The van der Waals surface area contributed by atoms with Gasteiger partial charge in [-0.05, 0) is 25.6 Å². The van der Waals surface area contributed by atoms with Crippen molar-refractivity contribution >= 4 is 18.3 Å². The first-order valence-corrected chi connectivity index (χ1v) is 5.89. The Morgan fingerprint density at radius 3 is 2.67 bits per heavy atom. The van der Waals surface area contributed by atoms with Gasteiger partial charge < -0.3 is 9.80 Å². The maximum Gasteiger partial charge on any atom is 0.0849 e. The maximum absolute atomic E-state index is 4.66.